The van der Waals surface area contributed by atoms with Crippen LogP contribution in [0.2, 0.25) is 0 Å². The molecule has 17 heavy (non-hydrogen) atoms. The summed E-state index contributed by atoms with van der Waals surface area (Å²) in [6.07, 6.45) is 3.19. The van der Waals surface area contributed by atoms with Crippen molar-refractivity contribution >= 4 is 0 Å². The highest BCUT2D eigenvalue weighted by molar-refractivity contribution is 5.00. The molecule has 2 aliphatic heterocycles. The van der Waals surface area contributed by atoms with Gasteiger partial charge in [0.25, 0.3) is 0 Å². The van der Waals surface area contributed by atoms with Crippen LogP contribution in [-0.4, -0.2) is 36.5 Å². The number of rotatable bonds is 3. The van der Waals surface area contributed by atoms with E-state index >= 15 is 0 Å². The Morgan fingerprint density at radius 2 is 2.41 bits per heavy atom. The second-order valence-electron chi connectivity index (χ2n) is 4.55. The zero-order chi connectivity index (χ0) is 11.7. The molecule has 0 amide bonds. The van der Waals surface area contributed by atoms with E-state index in [9.17, 15) is 0 Å². The molecule has 0 aliphatic carbocycles. The molecule has 3 atom stereocenters. The lowest BCUT2D eigenvalue weighted by Gasteiger charge is -2.04. The predicted octanol–water partition coefficient (Wildman–Crippen LogP) is 0.970. The monoisotopic (exact) mass is 239 g/mol. The number of aromatic nitrogens is 2. The quantitative estimate of drug-likeness (QED) is 0.847. The summed E-state index contributed by atoms with van der Waals surface area (Å²) < 4.78 is 16.1. The third-order valence-electron chi connectivity index (χ3n) is 3.40. The second-order valence-corrected chi connectivity index (χ2v) is 4.55. The van der Waals surface area contributed by atoms with Crippen molar-refractivity contribution in [3.05, 3.63) is 11.7 Å². The van der Waals surface area contributed by atoms with Crippen molar-refractivity contribution in [1.29, 1.82) is 0 Å². The van der Waals surface area contributed by atoms with Crippen molar-refractivity contribution in [2.24, 2.45) is 0 Å². The number of methoxy groups -OCH3 is 1. The highest BCUT2D eigenvalue weighted by atomic mass is 16.5. The van der Waals surface area contributed by atoms with Crippen LogP contribution in [0.5, 0.6) is 0 Å². The van der Waals surface area contributed by atoms with E-state index in [-0.39, 0.29) is 18.2 Å². The van der Waals surface area contributed by atoms with Crippen LogP contribution >= 0.6 is 0 Å². The average Bonchev–Trinajstić information content (AvgIpc) is 3.09. The van der Waals surface area contributed by atoms with Crippen LogP contribution in [0, 0.1) is 0 Å². The maximum atomic E-state index is 5.53. The van der Waals surface area contributed by atoms with E-state index in [0.717, 1.165) is 32.4 Å². The van der Waals surface area contributed by atoms with Gasteiger partial charge in [0.1, 0.15) is 6.10 Å². The first-order valence-corrected chi connectivity index (χ1v) is 6.08. The van der Waals surface area contributed by atoms with Crippen molar-refractivity contribution in [3.63, 3.8) is 0 Å². The first-order valence-electron chi connectivity index (χ1n) is 6.08. The standard InChI is InChI=1S/C11H17N3O3/c1-15-7-5-8(12-6-7)11-13-10(14-17-11)9-3-2-4-16-9/h7-9,12H,2-6H2,1H3. The molecule has 2 aliphatic rings. The van der Waals surface area contributed by atoms with Gasteiger partial charge in [-0.3, -0.25) is 0 Å². The summed E-state index contributed by atoms with van der Waals surface area (Å²) in [6, 6.07) is 0.114. The molecule has 3 heterocycles. The lowest BCUT2D eigenvalue weighted by Crippen LogP contribution is -2.16. The Kier molecular flexibility index (Phi) is 3.09. The van der Waals surface area contributed by atoms with E-state index in [1.54, 1.807) is 7.11 Å². The number of nitrogens with zero attached hydrogens (tertiary/aromatic N) is 2. The summed E-state index contributed by atoms with van der Waals surface area (Å²) in [5, 5.41) is 7.32. The average molecular weight is 239 g/mol. The summed E-state index contributed by atoms with van der Waals surface area (Å²) in [7, 11) is 1.72. The van der Waals surface area contributed by atoms with E-state index in [0.29, 0.717) is 11.7 Å². The smallest absolute Gasteiger partial charge is 0.243 e. The van der Waals surface area contributed by atoms with Gasteiger partial charge in [0.05, 0.1) is 12.1 Å². The van der Waals surface area contributed by atoms with Crippen LogP contribution in [0.15, 0.2) is 4.52 Å². The molecule has 6 nitrogen and oxygen atoms in total. The van der Waals surface area contributed by atoms with Gasteiger partial charge < -0.3 is 19.3 Å². The van der Waals surface area contributed by atoms with Crippen molar-refractivity contribution < 1.29 is 14.0 Å². The molecule has 6 heteroatoms. The molecule has 0 spiro atoms. The van der Waals surface area contributed by atoms with Gasteiger partial charge in [0.2, 0.25) is 11.7 Å². The van der Waals surface area contributed by atoms with E-state index in [1.165, 1.54) is 0 Å². The fraction of sp³-hybridized carbons (Fsp3) is 0.818. The fourth-order valence-electron chi connectivity index (χ4n) is 2.37. The Hall–Kier alpha value is -0.980. The maximum absolute atomic E-state index is 5.53. The third kappa shape index (κ3) is 2.20. The normalized spacial score (nSPS) is 33.4. The summed E-state index contributed by atoms with van der Waals surface area (Å²) in [5.41, 5.74) is 0. The van der Waals surface area contributed by atoms with E-state index < -0.39 is 0 Å². The minimum atomic E-state index is 0.0205. The van der Waals surface area contributed by atoms with Crippen LogP contribution in [0.1, 0.15) is 43.1 Å². The number of nitrogens with one attached hydrogen (secondary N) is 1. The van der Waals surface area contributed by atoms with Gasteiger partial charge in [0, 0.05) is 20.3 Å². The molecule has 1 N–H and O–H groups in total. The number of hydrogen-bond donors (Lipinski definition) is 1. The third-order valence-corrected chi connectivity index (χ3v) is 3.40. The lowest BCUT2D eigenvalue weighted by molar-refractivity contribution is 0.103. The SMILES string of the molecule is COC1CNC(c2nc(C3CCCO3)no2)C1. The molecular weight excluding hydrogens is 222 g/mol. The molecule has 3 rings (SSSR count). The minimum Gasteiger partial charge on any atom is -0.380 e. The van der Waals surface area contributed by atoms with Crippen molar-refractivity contribution in [2.45, 2.75) is 37.5 Å². The Morgan fingerprint density at radius 1 is 1.47 bits per heavy atom. The maximum Gasteiger partial charge on any atom is 0.243 e. The van der Waals surface area contributed by atoms with Crippen molar-refractivity contribution in [1.82, 2.24) is 15.5 Å². The molecule has 3 unspecified atom stereocenters. The first-order chi connectivity index (χ1) is 8.36. The highest BCUT2D eigenvalue weighted by Crippen LogP contribution is 2.29. The summed E-state index contributed by atoms with van der Waals surface area (Å²) >= 11 is 0. The van der Waals surface area contributed by atoms with Gasteiger partial charge in [-0.2, -0.15) is 4.98 Å². The minimum absolute atomic E-state index is 0.0205. The second kappa shape index (κ2) is 4.72. The molecule has 1 aromatic rings. The van der Waals surface area contributed by atoms with Crippen LogP contribution in [0.3, 0.4) is 0 Å². The Morgan fingerprint density at radius 3 is 3.12 bits per heavy atom. The van der Waals surface area contributed by atoms with Gasteiger partial charge >= 0.3 is 0 Å². The topological polar surface area (TPSA) is 69.4 Å². The molecule has 0 bridgehead atoms. The molecular formula is C11H17N3O3. The van der Waals surface area contributed by atoms with E-state index in [1.807, 2.05) is 0 Å². The highest BCUT2D eigenvalue weighted by Gasteiger charge is 2.31. The van der Waals surface area contributed by atoms with Gasteiger partial charge in [-0.05, 0) is 19.3 Å². The zero-order valence-corrected chi connectivity index (χ0v) is 9.89. The Bertz CT molecular complexity index is 376. The summed E-state index contributed by atoms with van der Waals surface area (Å²) in [4.78, 5) is 4.42. The van der Waals surface area contributed by atoms with Gasteiger partial charge in [-0.15, -0.1) is 0 Å². The van der Waals surface area contributed by atoms with Crippen LogP contribution in [0.4, 0.5) is 0 Å². The molecule has 0 aromatic carbocycles. The molecule has 0 radical (unpaired) electrons. The van der Waals surface area contributed by atoms with Gasteiger partial charge in [0.15, 0.2) is 0 Å². The molecule has 1 aromatic heterocycles. The Balaban J connectivity index is 1.68. The van der Waals surface area contributed by atoms with Crippen LogP contribution in [0.25, 0.3) is 0 Å². The molecule has 2 saturated heterocycles. The molecule has 2 fully saturated rings. The van der Waals surface area contributed by atoms with Crippen molar-refractivity contribution in [3.8, 4) is 0 Å². The number of hydrogen-bond acceptors (Lipinski definition) is 6. The van der Waals surface area contributed by atoms with Crippen LogP contribution < -0.4 is 5.32 Å². The first kappa shape index (κ1) is 11.1. The predicted molar refractivity (Wildman–Crippen MR) is 58.4 cm³/mol. The van der Waals surface area contributed by atoms with Crippen molar-refractivity contribution in [2.75, 3.05) is 20.3 Å². The summed E-state index contributed by atoms with van der Waals surface area (Å²) in [5.74, 6) is 1.33. The van der Waals surface area contributed by atoms with Gasteiger partial charge in [-0.1, -0.05) is 5.16 Å². The van der Waals surface area contributed by atoms with E-state index in [4.69, 9.17) is 14.0 Å². The van der Waals surface area contributed by atoms with E-state index in [2.05, 4.69) is 15.5 Å². The molecule has 94 valence electrons. The largest absolute Gasteiger partial charge is 0.380 e. The Labute approximate surface area is 99.7 Å². The fourth-order valence-corrected chi connectivity index (χ4v) is 2.37. The molecule has 0 saturated carbocycles. The lowest BCUT2D eigenvalue weighted by atomic mass is 10.2. The van der Waals surface area contributed by atoms with Gasteiger partial charge in [-0.25, -0.2) is 0 Å². The summed E-state index contributed by atoms with van der Waals surface area (Å²) in [6.45, 7) is 1.63. The zero-order valence-electron chi connectivity index (χ0n) is 9.89. The number of ether oxygens (including phenoxy) is 2. The van der Waals surface area contributed by atoms with Crippen LogP contribution in [-0.2, 0) is 9.47 Å².